The summed E-state index contributed by atoms with van der Waals surface area (Å²) in [7, 11) is 0. The molecule has 0 bridgehead atoms. The molecule has 4 heteroatoms. The summed E-state index contributed by atoms with van der Waals surface area (Å²) < 4.78 is 0. The molecule has 0 aromatic rings. The Morgan fingerprint density at radius 3 is 1.41 bits per heavy atom. The summed E-state index contributed by atoms with van der Waals surface area (Å²) >= 11 is 0. The van der Waals surface area contributed by atoms with Crippen molar-refractivity contribution in [1.82, 2.24) is 0 Å². The van der Waals surface area contributed by atoms with Gasteiger partial charge in [0.25, 0.3) is 0 Å². The first-order valence-corrected chi connectivity index (χ1v) is 6.56. The number of unbranched alkanes of at least 4 members (excludes halogenated alkanes) is 2. The SMILES string of the molecule is CCCCC(C)(CCCC)C(O)O.OCCO. The fraction of sp³-hybridized carbons (Fsp3) is 1.00. The molecule has 17 heavy (non-hydrogen) atoms. The summed E-state index contributed by atoms with van der Waals surface area (Å²) in [6.45, 7) is 5.98. The minimum Gasteiger partial charge on any atom is -0.394 e. The average molecular weight is 250 g/mol. The molecule has 0 rings (SSSR count). The van der Waals surface area contributed by atoms with Crippen LogP contribution in [0.2, 0.25) is 0 Å². The summed E-state index contributed by atoms with van der Waals surface area (Å²) in [5.74, 6) is 0. The fourth-order valence-corrected chi connectivity index (χ4v) is 1.54. The second-order valence-corrected chi connectivity index (χ2v) is 4.68. The van der Waals surface area contributed by atoms with Gasteiger partial charge in [-0.15, -0.1) is 0 Å². The van der Waals surface area contributed by atoms with Crippen LogP contribution in [0.1, 0.15) is 59.3 Å². The smallest absolute Gasteiger partial charge is 0.156 e. The molecule has 106 valence electrons. The van der Waals surface area contributed by atoms with Crippen molar-refractivity contribution < 1.29 is 20.4 Å². The summed E-state index contributed by atoms with van der Waals surface area (Å²) in [6.07, 6.45) is 5.08. The van der Waals surface area contributed by atoms with Gasteiger partial charge >= 0.3 is 0 Å². The van der Waals surface area contributed by atoms with Gasteiger partial charge in [-0.05, 0) is 12.8 Å². The van der Waals surface area contributed by atoms with E-state index >= 15 is 0 Å². The molecule has 4 nitrogen and oxygen atoms in total. The molecule has 0 aromatic carbocycles. The van der Waals surface area contributed by atoms with Gasteiger partial charge in [0, 0.05) is 5.41 Å². The highest BCUT2D eigenvalue weighted by Crippen LogP contribution is 2.33. The first kappa shape index (κ1) is 19.2. The molecule has 0 unspecified atom stereocenters. The van der Waals surface area contributed by atoms with Gasteiger partial charge in [-0.25, -0.2) is 0 Å². The van der Waals surface area contributed by atoms with Gasteiger partial charge in [-0.3, -0.25) is 0 Å². The van der Waals surface area contributed by atoms with E-state index in [2.05, 4.69) is 13.8 Å². The quantitative estimate of drug-likeness (QED) is 0.494. The van der Waals surface area contributed by atoms with Gasteiger partial charge < -0.3 is 20.4 Å². The number of hydrogen-bond acceptors (Lipinski definition) is 4. The number of aliphatic hydroxyl groups excluding tert-OH is 3. The van der Waals surface area contributed by atoms with Crippen LogP contribution in [-0.2, 0) is 0 Å². The van der Waals surface area contributed by atoms with E-state index in [0.29, 0.717) is 0 Å². The number of rotatable bonds is 8. The lowest BCUT2D eigenvalue weighted by atomic mass is 9.79. The first-order chi connectivity index (χ1) is 7.98. The van der Waals surface area contributed by atoms with Crippen molar-refractivity contribution in [2.75, 3.05) is 13.2 Å². The first-order valence-electron chi connectivity index (χ1n) is 6.56. The molecule has 0 amide bonds. The molecule has 0 aromatic heterocycles. The third-order valence-electron chi connectivity index (χ3n) is 2.93. The van der Waals surface area contributed by atoms with Crippen molar-refractivity contribution >= 4 is 0 Å². The molecule has 4 N–H and O–H groups in total. The molecule has 0 aliphatic carbocycles. The predicted molar refractivity (Wildman–Crippen MR) is 69.6 cm³/mol. The molecule has 0 fully saturated rings. The van der Waals surface area contributed by atoms with Gasteiger partial charge in [0.2, 0.25) is 0 Å². The van der Waals surface area contributed by atoms with Crippen LogP contribution >= 0.6 is 0 Å². The van der Waals surface area contributed by atoms with E-state index in [-0.39, 0.29) is 18.6 Å². The van der Waals surface area contributed by atoms with Crippen LogP contribution in [0.25, 0.3) is 0 Å². The molecule has 0 saturated carbocycles. The number of aliphatic hydroxyl groups is 4. The van der Waals surface area contributed by atoms with Gasteiger partial charge in [-0.2, -0.15) is 0 Å². The van der Waals surface area contributed by atoms with Crippen LogP contribution in [0.3, 0.4) is 0 Å². The minimum atomic E-state index is -1.16. The Hall–Kier alpha value is -0.160. The van der Waals surface area contributed by atoms with Crippen LogP contribution in [-0.4, -0.2) is 39.9 Å². The van der Waals surface area contributed by atoms with Crippen molar-refractivity contribution in [3.05, 3.63) is 0 Å². The Morgan fingerprint density at radius 2 is 1.24 bits per heavy atom. The molecular weight excluding hydrogens is 220 g/mol. The average Bonchev–Trinajstić information content (AvgIpc) is 2.33. The zero-order valence-corrected chi connectivity index (χ0v) is 11.5. The molecule has 0 radical (unpaired) electrons. The van der Waals surface area contributed by atoms with E-state index < -0.39 is 6.29 Å². The highest BCUT2D eigenvalue weighted by Gasteiger charge is 2.30. The third kappa shape index (κ3) is 10.7. The zero-order valence-electron chi connectivity index (χ0n) is 11.5. The Labute approximate surface area is 105 Å². The summed E-state index contributed by atoms with van der Waals surface area (Å²) in [6, 6.07) is 0. The van der Waals surface area contributed by atoms with E-state index in [4.69, 9.17) is 10.2 Å². The largest absolute Gasteiger partial charge is 0.394 e. The summed E-state index contributed by atoms with van der Waals surface area (Å²) in [5, 5.41) is 33.8. The highest BCUT2D eigenvalue weighted by atomic mass is 16.5. The lowest BCUT2D eigenvalue weighted by Gasteiger charge is -2.31. The topological polar surface area (TPSA) is 80.9 Å². The Balaban J connectivity index is 0. The van der Waals surface area contributed by atoms with Gasteiger partial charge in [0.1, 0.15) is 0 Å². The zero-order chi connectivity index (χ0) is 13.7. The van der Waals surface area contributed by atoms with Crippen LogP contribution in [0.15, 0.2) is 0 Å². The van der Waals surface area contributed by atoms with E-state index in [9.17, 15) is 10.2 Å². The van der Waals surface area contributed by atoms with Crippen LogP contribution in [0.5, 0.6) is 0 Å². The molecule has 0 spiro atoms. The molecular formula is C13H30O4. The standard InChI is InChI=1S/C11H24O2.C2H6O2/c1-4-6-8-11(3,10(12)13)9-7-5-2;3-1-2-4/h10,12-13H,4-9H2,1-3H3;3-4H,1-2H2. The van der Waals surface area contributed by atoms with Crippen molar-refractivity contribution in [1.29, 1.82) is 0 Å². The van der Waals surface area contributed by atoms with Crippen LogP contribution in [0.4, 0.5) is 0 Å². The van der Waals surface area contributed by atoms with E-state index in [1.54, 1.807) is 0 Å². The van der Waals surface area contributed by atoms with Crippen molar-refractivity contribution in [2.24, 2.45) is 5.41 Å². The molecule has 0 saturated heterocycles. The fourth-order valence-electron chi connectivity index (χ4n) is 1.54. The second-order valence-electron chi connectivity index (χ2n) is 4.68. The van der Waals surface area contributed by atoms with Crippen molar-refractivity contribution in [2.45, 2.75) is 65.6 Å². The summed E-state index contributed by atoms with van der Waals surface area (Å²) in [4.78, 5) is 0. The third-order valence-corrected chi connectivity index (χ3v) is 2.93. The highest BCUT2D eigenvalue weighted by molar-refractivity contribution is 4.75. The summed E-state index contributed by atoms with van der Waals surface area (Å²) in [5.41, 5.74) is -0.286. The molecule has 0 aliphatic rings. The van der Waals surface area contributed by atoms with Gasteiger partial charge in [0.05, 0.1) is 13.2 Å². The van der Waals surface area contributed by atoms with Crippen molar-refractivity contribution in [3.8, 4) is 0 Å². The lowest BCUT2D eigenvalue weighted by molar-refractivity contribution is -0.135. The molecule has 0 atom stereocenters. The second kappa shape index (κ2) is 12.3. The van der Waals surface area contributed by atoms with E-state index in [0.717, 1.165) is 38.5 Å². The van der Waals surface area contributed by atoms with E-state index in [1.807, 2.05) is 6.92 Å². The Morgan fingerprint density at radius 1 is 0.882 bits per heavy atom. The Kier molecular flexibility index (Phi) is 13.9. The van der Waals surface area contributed by atoms with E-state index in [1.165, 1.54) is 0 Å². The van der Waals surface area contributed by atoms with Crippen LogP contribution < -0.4 is 0 Å². The number of hydrogen-bond donors (Lipinski definition) is 4. The van der Waals surface area contributed by atoms with Gasteiger partial charge in [-0.1, -0.05) is 46.5 Å². The maximum Gasteiger partial charge on any atom is 0.156 e. The predicted octanol–water partition coefficient (Wildman–Crippen LogP) is 1.65. The Bertz CT molecular complexity index is 138. The maximum atomic E-state index is 9.28. The van der Waals surface area contributed by atoms with Crippen molar-refractivity contribution in [3.63, 3.8) is 0 Å². The van der Waals surface area contributed by atoms with Crippen LogP contribution in [0, 0.1) is 5.41 Å². The van der Waals surface area contributed by atoms with Gasteiger partial charge in [0.15, 0.2) is 6.29 Å². The minimum absolute atomic E-state index is 0.125. The molecule has 0 heterocycles. The maximum absolute atomic E-state index is 9.28. The monoisotopic (exact) mass is 250 g/mol. The normalized spacial score (nSPS) is 11.3. The molecule has 0 aliphatic heterocycles. The lowest BCUT2D eigenvalue weighted by Crippen LogP contribution is -2.32.